The zero-order valence-corrected chi connectivity index (χ0v) is 35.9. The molecule has 4 heterocycles. The first-order chi connectivity index (χ1) is 28.9. The molecule has 336 valence electrons. The fourth-order valence-corrected chi connectivity index (χ4v) is 6.24. The lowest BCUT2D eigenvalue weighted by Crippen LogP contribution is -2.40. The number of piperidine rings is 2. The van der Waals surface area contributed by atoms with E-state index >= 15 is 0 Å². The fraction of sp³-hybridized carbons (Fsp3) is 0.400. The number of aromatic nitrogens is 2. The van der Waals surface area contributed by atoms with Gasteiger partial charge in [0.2, 0.25) is 11.8 Å². The summed E-state index contributed by atoms with van der Waals surface area (Å²) in [4.78, 5) is 21.5. The summed E-state index contributed by atoms with van der Waals surface area (Å²) in [5.74, 6) is 2.22. The van der Waals surface area contributed by atoms with Gasteiger partial charge in [0.15, 0.2) is 0 Å². The minimum atomic E-state index is -4.46. The van der Waals surface area contributed by atoms with E-state index in [0.29, 0.717) is 62.1 Å². The summed E-state index contributed by atoms with van der Waals surface area (Å²) in [6.07, 6.45) is -0.201. The number of hydrogen-bond donors (Lipinski definition) is 1. The maximum Gasteiger partial charge on any atom is 0.417 e. The van der Waals surface area contributed by atoms with E-state index in [2.05, 4.69) is 21.4 Å². The second kappa shape index (κ2) is 22.0. The van der Waals surface area contributed by atoms with Crippen LogP contribution in [0.5, 0.6) is 34.8 Å². The molecule has 17 heteroatoms. The lowest BCUT2D eigenvalue weighted by atomic mass is 10.0. The van der Waals surface area contributed by atoms with E-state index in [-0.39, 0.29) is 30.3 Å². The van der Waals surface area contributed by atoms with Crippen molar-refractivity contribution < 1.29 is 54.8 Å². The van der Waals surface area contributed by atoms with Gasteiger partial charge in [-0.2, -0.15) is 26.3 Å². The van der Waals surface area contributed by atoms with Crippen LogP contribution in [0.2, 0.25) is 0 Å². The van der Waals surface area contributed by atoms with Gasteiger partial charge in [0, 0.05) is 49.7 Å². The van der Waals surface area contributed by atoms with Crippen molar-refractivity contribution in [3.05, 3.63) is 106 Å². The number of hydrogen-bond acceptors (Lipinski definition) is 9. The van der Waals surface area contributed by atoms with Crippen LogP contribution in [0.4, 0.5) is 31.1 Å². The molecule has 2 aliphatic rings. The van der Waals surface area contributed by atoms with E-state index in [4.69, 9.17) is 23.7 Å². The molecule has 62 heavy (non-hydrogen) atoms. The maximum absolute atomic E-state index is 12.8. The number of carbonyl (C=O) groups is 1. The minimum absolute atomic E-state index is 0. The van der Waals surface area contributed by atoms with Crippen molar-refractivity contribution in [2.24, 2.45) is 0 Å². The molecule has 2 aromatic heterocycles. The van der Waals surface area contributed by atoms with E-state index < -0.39 is 29.1 Å². The molecule has 0 aliphatic carbocycles. The Labute approximate surface area is 363 Å². The molecule has 0 saturated carbocycles. The number of nitrogens with one attached hydrogen (secondary N) is 1. The van der Waals surface area contributed by atoms with Crippen molar-refractivity contribution >= 4 is 30.7 Å². The summed E-state index contributed by atoms with van der Waals surface area (Å²) in [7, 11) is 0. The number of halogens is 7. The third-order valence-electron chi connectivity index (χ3n) is 9.04. The van der Waals surface area contributed by atoms with Crippen LogP contribution in [0, 0.1) is 0 Å². The van der Waals surface area contributed by atoms with Gasteiger partial charge in [-0.3, -0.25) is 0 Å². The highest BCUT2D eigenvalue weighted by Gasteiger charge is 2.32. The Hall–Kier alpha value is -5.48. The predicted molar refractivity (Wildman–Crippen MR) is 226 cm³/mol. The number of alkyl halides is 6. The van der Waals surface area contributed by atoms with Crippen molar-refractivity contribution in [2.45, 2.75) is 78.3 Å². The first-order valence-electron chi connectivity index (χ1n) is 19.9. The highest BCUT2D eigenvalue weighted by Crippen LogP contribution is 2.34. The number of nitrogens with zero attached hydrogens (tertiary/aromatic N) is 3. The van der Waals surface area contributed by atoms with Crippen molar-refractivity contribution in [2.75, 3.05) is 39.4 Å². The number of amides is 1. The van der Waals surface area contributed by atoms with Crippen LogP contribution in [-0.4, -0.2) is 66.0 Å². The standard InChI is InChI=1S/C25H29F3N2O4.C20H21F3N2O2.ClH/c1-5-32-20-13-18(12-17-8-10-30(11-9-17)23(31)34-24(2,3)4)14-21(15-20)33-22-7-6-19(16-29-22)25(26,27)28;1-2-26-17-10-15(9-14-5-7-24-8-6-14)11-18(12-17)27-19-4-3-16(13-25-19)20(21,22)23;/h6-7,12-16H,5,8-11H2,1-4H3;3-4,9-13,24H,2,5-8H2,1H3;1H. The maximum atomic E-state index is 12.8. The lowest BCUT2D eigenvalue weighted by Gasteiger charge is -2.31. The molecule has 10 nitrogen and oxygen atoms in total. The van der Waals surface area contributed by atoms with E-state index in [1.807, 2.05) is 58.9 Å². The lowest BCUT2D eigenvalue weighted by molar-refractivity contribution is -0.138. The quantitative estimate of drug-likeness (QED) is 0.156. The molecule has 6 rings (SSSR count). The normalized spacial score (nSPS) is 14.4. The second-order valence-corrected chi connectivity index (χ2v) is 15.1. The Morgan fingerprint density at radius 1 is 0.661 bits per heavy atom. The summed E-state index contributed by atoms with van der Waals surface area (Å²) in [5.41, 5.74) is 2.06. The largest absolute Gasteiger partial charge is 0.494 e. The summed E-state index contributed by atoms with van der Waals surface area (Å²) in [6, 6.07) is 15.0. The topological polar surface area (TPSA) is 104 Å². The molecule has 0 atom stereocenters. The van der Waals surface area contributed by atoms with E-state index in [1.54, 1.807) is 23.1 Å². The number of likely N-dealkylation sites (tertiary alicyclic amines) is 1. The molecule has 2 aromatic carbocycles. The van der Waals surface area contributed by atoms with Gasteiger partial charge in [0.25, 0.3) is 0 Å². The van der Waals surface area contributed by atoms with Crippen molar-refractivity contribution in [3.63, 3.8) is 0 Å². The van der Waals surface area contributed by atoms with Crippen molar-refractivity contribution in [3.8, 4) is 34.8 Å². The van der Waals surface area contributed by atoms with Gasteiger partial charge < -0.3 is 33.9 Å². The van der Waals surface area contributed by atoms with Gasteiger partial charge >= 0.3 is 18.4 Å². The van der Waals surface area contributed by atoms with Gasteiger partial charge in [-0.15, -0.1) is 12.4 Å². The molecule has 0 radical (unpaired) electrons. The average Bonchev–Trinajstić information content (AvgIpc) is 3.18. The van der Waals surface area contributed by atoms with Crippen LogP contribution in [0.3, 0.4) is 0 Å². The molecule has 2 saturated heterocycles. The molecule has 1 amide bonds. The van der Waals surface area contributed by atoms with Crippen LogP contribution >= 0.6 is 12.4 Å². The van der Waals surface area contributed by atoms with Crippen LogP contribution in [0.15, 0.2) is 84.2 Å². The predicted octanol–water partition coefficient (Wildman–Crippen LogP) is 12.2. The summed E-state index contributed by atoms with van der Waals surface area (Å²) in [6.45, 7) is 13.2. The van der Waals surface area contributed by atoms with Gasteiger partial charge in [-0.25, -0.2) is 14.8 Å². The summed E-state index contributed by atoms with van der Waals surface area (Å²) >= 11 is 0. The molecule has 2 fully saturated rings. The number of rotatable bonds is 10. The highest BCUT2D eigenvalue weighted by molar-refractivity contribution is 5.85. The summed E-state index contributed by atoms with van der Waals surface area (Å²) < 4.78 is 104. The monoisotopic (exact) mass is 892 g/mol. The van der Waals surface area contributed by atoms with Crippen LogP contribution in [0.25, 0.3) is 12.2 Å². The van der Waals surface area contributed by atoms with Gasteiger partial charge in [-0.1, -0.05) is 23.3 Å². The Bertz CT molecular complexity index is 2120. The molecule has 0 bridgehead atoms. The van der Waals surface area contributed by atoms with E-state index in [9.17, 15) is 31.1 Å². The fourth-order valence-electron chi connectivity index (χ4n) is 6.24. The van der Waals surface area contributed by atoms with Crippen LogP contribution in [0.1, 0.15) is 82.6 Å². The smallest absolute Gasteiger partial charge is 0.417 e. The van der Waals surface area contributed by atoms with Gasteiger partial charge in [0.1, 0.15) is 28.6 Å². The Morgan fingerprint density at radius 2 is 1.08 bits per heavy atom. The first-order valence-corrected chi connectivity index (χ1v) is 19.9. The number of carbonyl (C=O) groups excluding carboxylic acids is 1. The summed E-state index contributed by atoms with van der Waals surface area (Å²) in [5, 5.41) is 3.31. The number of ether oxygens (including phenoxy) is 5. The van der Waals surface area contributed by atoms with Gasteiger partial charge in [0.05, 0.1) is 24.3 Å². The third kappa shape index (κ3) is 15.8. The third-order valence-corrected chi connectivity index (χ3v) is 9.04. The molecular formula is C45H51ClF6N4O6. The minimum Gasteiger partial charge on any atom is -0.494 e. The molecule has 2 aliphatic heterocycles. The highest BCUT2D eigenvalue weighted by atomic mass is 35.5. The first kappa shape index (κ1) is 49.2. The Kier molecular flexibility index (Phi) is 17.5. The van der Waals surface area contributed by atoms with Gasteiger partial charge in [-0.05, 0) is 121 Å². The van der Waals surface area contributed by atoms with Crippen LogP contribution in [-0.2, 0) is 17.1 Å². The molecule has 1 N–H and O–H groups in total. The zero-order valence-electron chi connectivity index (χ0n) is 35.1. The Balaban J connectivity index is 0.000000275. The van der Waals surface area contributed by atoms with Crippen molar-refractivity contribution in [1.82, 2.24) is 20.2 Å². The average molecular weight is 893 g/mol. The van der Waals surface area contributed by atoms with Crippen LogP contribution < -0.4 is 24.3 Å². The Morgan fingerprint density at radius 3 is 1.45 bits per heavy atom. The SMILES string of the molecule is CCOc1cc(C=C2CCN(C(=O)OC(C)(C)C)CC2)cc(Oc2ccc(C(F)(F)F)cn2)c1.CCOc1cc(C=C2CCNCC2)cc(Oc2ccc(C(F)(F)F)cn2)c1.Cl. The second-order valence-electron chi connectivity index (χ2n) is 15.1. The van der Waals surface area contributed by atoms with E-state index in [0.717, 1.165) is 67.2 Å². The van der Waals surface area contributed by atoms with E-state index in [1.165, 1.54) is 17.7 Å². The molecule has 0 unspecified atom stereocenters. The van der Waals surface area contributed by atoms with Crippen molar-refractivity contribution in [1.29, 1.82) is 0 Å². The number of benzene rings is 2. The molecule has 4 aromatic rings. The molecular weight excluding hydrogens is 842 g/mol. The zero-order chi connectivity index (χ0) is 44.2. The number of pyridine rings is 2. The molecule has 0 spiro atoms.